The number of hydrogen-bond donors (Lipinski definition) is 1. The average Bonchev–Trinajstić information content (AvgIpc) is 1.64. The lowest BCUT2D eigenvalue weighted by molar-refractivity contribution is 0.0748. The summed E-state index contributed by atoms with van der Waals surface area (Å²) < 4.78 is 5.14. The zero-order valence-corrected chi connectivity index (χ0v) is 7.99. The number of methoxy groups -OCH3 is 1. The van der Waals surface area contributed by atoms with Crippen LogP contribution in [-0.2, 0) is 4.74 Å². The second-order valence-corrected chi connectivity index (χ2v) is 9.05. The summed E-state index contributed by atoms with van der Waals surface area (Å²) in [5.41, 5.74) is 5.83. The molecule has 0 saturated heterocycles. The normalized spacial score (nSPS) is 19.3. The summed E-state index contributed by atoms with van der Waals surface area (Å²) in [6.45, 7) is 8.52. The molecule has 3 heteroatoms. The summed E-state index contributed by atoms with van der Waals surface area (Å²) in [7, 11) is 0.336. The van der Waals surface area contributed by atoms with E-state index in [0.717, 1.165) is 0 Å². The molecule has 56 valence electrons. The van der Waals surface area contributed by atoms with Crippen molar-refractivity contribution in [2.24, 2.45) is 5.73 Å². The van der Waals surface area contributed by atoms with Crippen molar-refractivity contribution in [3.05, 3.63) is 0 Å². The molecule has 0 aliphatic heterocycles. The Kier molecular flexibility index (Phi) is 2.44. The first-order chi connectivity index (χ1) is 3.81. The van der Waals surface area contributed by atoms with E-state index in [0.29, 0.717) is 0 Å². The van der Waals surface area contributed by atoms with Crippen LogP contribution in [-0.4, -0.2) is 20.5 Å². The van der Waals surface area contributed by atoms with Gasteiger partial charge in [0.25, 0.3) is 0 Å². The van der Waals surface area contributed by atoms with Gasteiger partial charge in [-0.05, 0) is 6.92 Å². The van der Waals surface area contributed by atoms with E-state index in [-0.39, 0.29) is 5.35 Å². The monoisotopic (exact) mass is 147 g/mol. The SMILES string of the molecule is COC(C)(N)[Si](C)(C)C. The Morgan fingerprint density at radius 3 is 1.67 bits per heavy atom. The number of hydrogen-bond acceptors (Lipinski definition) is 2. The number of rotatable bonds is 2. The third-order valence-corrected chi connectivity index (χ3v) is 5.10. The van der Waals surface area contributed by atoms with Gasteiger partial charge in [0, 0.05) is 7.11 Å². The van der Waals surface area contributed by atoms with Crippen LogP contribution < -0.4 is 5.73 Å². The average molecular weight is 147 g/mol. The van der Waals surface area contributed by atoms with Crippen LogP contribution >= 0.6 is 0 Å². The highest BCUT2D eigenvalue weighted by molar-refractivity contribution is 6.78. The third-order valence-electron chi connectivity index (χ3n) is 1.91. The fraction of sp³-hybridized carbons (Fsp3) is 1.00. The maximum absolute atomic E-state index is 5.83. The molecule has 9 heavy (non-hydrogen) atoms. The molecule has 0 aromatic rings. The lowest BCUT2D eigenvalue weighted by Gasteiger charge is -2.35. The molecular formula is C6H17NOSi. The summed E-state index contributed by atoms with van der Waals surface area (Å²) in [6, 6.07) is 0. The largest absolute Gasteiger partial charge is 0.368 e. The first-order valence-corrected chi connectivity index (χ1v) is 6.65. The van der Waals surface area contributed by atoms with Gasteiger partial charge in [0.05, 0.1) is 5.35 Å². The Morgan fingerprint density at radius 1 is 1.33 bits per heavy atom. The smallest absolute Gasteiger partial charge is 0.100 e. The number of nitrogens with two attached hydrogens (primary N) is 1. The Morgan fingerprint density at radius 2 is 1.67 bits per heavy atom. The van der Waals surface area contributed by atoms with Crippen molar-refractivity contribution in [1.82, 2.24) is 0 Å². The summed E-state index contributed by atoms with van der Waals surface area (Å²) in [5, 5.41) is -0.382. The van der Waals surface area contributed by atoms with Crippen LogP contribution in [0.4, 0.5) is 0 Å². The molecule has 0 aromatic carbocycles. The molecule has 2 N–H and O–H groups in total. The molecule has 0 spiro atoms. The minimum absolute atomic E-state index is 0.382. The molecule has 0 aliphatic carbocycles. The maximum atomic E-state index is 5.83. The van der Waals surface area contributed by atoms with Crippen molar-refractivity contribution in [2.75, 3.05) is 7.11 Å². The predicted molar refractivity (Wildman–Crippen MR) is 42.9 cm³/mol. The van der Waals surface area contributed by atoms with Gasteiger partial charge in [0.2, 0.25) is 0 Å². The van der Waals surface area contributed by atoms with Gasteiger partial charge in [-0.2, -0.15) is 0 Å². The molecule has 0 radical (unpaired) electrons. The zero-order chi connectivity index (χ0) is 7.71. The van der Waals surface area contributed by atoms with Crippen LogP contribution in [0.15, 0.2) is 0 Å². The van der Waals surface area contributed by atoms with Crippen molar-refractivity contribution in [3.8, 4) is 0 Å². The predicted octanol–water partition coefficient (Wildman–Crippen LogP) is 1.19. The van der Waals surface area contributed by atoms with Gasteiger partial charge < -0.3 is 10.5 Å². The molecule has 0 aromatic heterocycles. The van der Waals surface area contributed by atoms with Gasteiger partial charge >= 0.3 is 0 Å². The first kappa shape index (κ1) is 9.14. The fourth-order valence-electron chi connectivity index (χ4n) is 0.306. The highest BCUT2D eigenvalue weighted by Gasteiger charge is 2.35. The van der Waals surface area contributed by atoms with Crippen LogP contribution in [0.1, 0.15) is 6.92 Å². The van der Waals surface area contributed by atoms with Gasteiger partial charge in [-0.3, -0.25) is 0 Å². The lowest BCUT2D eigenvalue weighted by atomic mass is 10.7. The number of ether oxygens (including phenoxy) is 1. The van der Waals surface area contributed by atoms with Crippen LogP contribution in [0.25, 0.3) is 0 Å². The molecule has 0 heterocycles. The van der Waals surface area contributed by atoms with E-state index < -0.39 is 8.07 Å². The third kappa shape index (κ3) is 2.08. The Bertz CT molecular complexity index is 95.7. The highest BCUT2D eigenvalue weighted by atomic mass is 28.3. The van der Waals surface area contributed by atoms with Crippen molar-refractivity contribution in [1.29, 1.82) is 0 Å². The Hall–Kier alpha value is 0.137. The molecule has 1 unspecified atom stereocenters. The van der Waals surface area contributed by atoms with Crippen molar-refractivity contribution >= 4 is 8.07 Å². The van der Waals surface area contributed by atoms with Crippen LogP contribution in [0.5, 0.6) is 0 Å². The summed E-state index contributed by atoms with van der Waals surface area (Å²) >= 11 is 0. The van der Waals surface area contributed by atoms with Crippen molar-refractivity contribution < 1.29 is 4.74 Å². The molecule has 0 aliphatic rings. The van der Waals surface area contributed by atoms with Gasteiger partial charge in [-0.25, -0.2) is 0 Å². The molecule has 0 saturated carbocycles. The summed E-state index contributed by atoms with van der Waals surface area (Å²) in [5.74, 6) is 0. The zero-order valence-electron chi connectivity index (χ0n) is 6.99. The minimum Gasteiger partial charge on any atom is -0.368 e. The quantitative estimate of drug-likeness (QED) is 0.470. The van der Waals surface area contributed by atoms with E-state index in [9.17, 15) is 0 Å². The lowest BCUT2D eigenvalue weighted by Crippen LogP contribution is -2.58. The minimum atomic E-state index is -1.33. The van der Waals surface area contributed by atoms with E-state index in [1.165, 1.54) is 0 Å². The van der Waals surface area contributed by atoms with Gasteiger partial charge in [-0.1, -0.05) is 19.6 Å². The second-order valence-electron chi connectivity index (χ2n) is 3.56. The van der Waals surface area contributed by atoms with E-state index in [2.05, 4.69) is 19.6 Å². The van der Waals surface area contributed by atoms with Crippen LogP contribution in [0, 0.1) is 0 Å². The molecule has 0 amide bonds. The molecule has 0 rings (SSSR count). The molecule has 1 atom stereocenters. The maximum Gasteiger partial charge on any atom is 0.100 e. The second kappa shape index (κ2) is 2.40. The Balaban J connectivity index is 4.14. The molecule has 0 bridgehead atoms. The molecule has 0 fully saturated rings. The van der Waals surface area contributed by atoms with Crippen molar-refractivity contribution in [2.45, 2.75) is 31.9 Å². The van der Waals surface area contributed by atoms with Crippen LogP contribution in [0.2, 0.25) is 19.6 Å². The van der Waals surface area contributed by atoms with E-state index in [4.69, 9.17) is 10.5 Å². The van der Waals surface area contributed by atoms with E-state index in [1.807, 2.05) is 6.92 Å². The molecular weight excluding hydrogens is 130 g/mol. The highest BCUT2D eigenvalue weighted by Crippen LogP contribution is 2.16. The first-order valence-electron chi connectivity index (χ1n) is 3.15. The van der Waals surface area contributed by atoms with Crippen LogP contribution in [0.3, 0.4) is 0 Å². The van der Waals surface area contributed by atoms with Gasteiger partial charge in [-0.15, -0.1) is 0 Å². The van der Waals surface area contributed by atoms with Gasteiger partial charge in [0.1, 0.15) is 8.07 Å². The van der Waals surface area contributed by atoms with Crippen molar-refractivity contribution in [3.63, 3.8) is 0 Å². The van der Waals surface area contributed by atoms with E-state index in [1.54, 1.807) is 7.11 Å². The summed E-state index contributed by atoms with van der Waals surface area (Å²) in [4.78, 5) is 0. The summed E-state index contributed by atoms with van der Waals surface area (Å²) in [6.07, 6.45) is 0. The topological polar surface area (TPSA) is 35.2 Å². The molecule has 2 nitrogen and oxygen atoms in total. The van der Waals surface area contributed by atoms with Gasteiger partial charge in [0.15, 0.2) is 0 Å². The van der Waals surface area contributed by atoms with E-state index >= 15 is 0 Å². The Labute approximate surface area is 58.4 Å². The standard InChI is InChI=1S/C6H17NOSi/c1-6(7,8-2)9(3,4)5/h7H2,1-5H3. The fourth-order valence-corrected chi connectivity index (χ4v) is 0.919.